The Morgan fingerprint density at radius 2 is 1.67 bits per heavy atom. The minimum Gasteiger partial charge on any atom is -0.457 e. The van der Waals surface area contributed by atoms with Gasteiger partial charge in [-0.2, -0.15) is 0 Å². The lowest BCUT2D eigenvalue weighted by molar-refractivity contribution is -0.110. The van der Waals surface area contributed by atoms with E-state index >= 15 is 0 Å². The summed E-state index contributed by atoms with van der Waals surface area (Å²) in [4.78, 5) is 43.5. The van der Waals surface area contributed by atoms with E-state index in [1.165, 1.54) is 0 Å². The highest BCUT2D eigenvalue weighted by atomic mass is 16.5. The molecule has 43 heavy (non-hydrogen) atoms. The molecule has 6 rings (SSSR count). The lowest BCUT2D eigenvalue weighted by Gasteiger charge is -2.32. The van der Waals surface area contributed by atoms with Gasteiger partial charge in [0.15, 0.2) is 0 Å². The van der Waals surface area contributed by atoms with Gasteiger partial charge in [-0.1, -0.05) is 23.8 Å². The van der Waals surface area contributed by atoms with Gasteiger partial charge in [0.1, 0.15) is 11.5 Å². The maximum Gasteiger partial charge on any atom is 0.267 e. The first kappa shape index (κ1) is 28.0. The van der Waals surface area contributed by atoms with E-state index in [9.17, 15) is 14.4 Å². The number of aromatic amines is 1. The van der Waals surface area contributed by atoms with Gasteiger partial charge in [-0.25, -0.2) is 5.01 Å². The zero-order chi connectivity index (χ0) is 29.9. The number of aromatic nitrogens is 1. The fraction of sp³-hybridized carbons (Fsp3) is 0.182. The van der Waals surface area contributed by atoms with Gasteiger partial charge in [0.25, 0.3) is 17.7 Å². The van der Waals surface area contributed by atoms with Crippen LogP contribution in [0.1, 0.15) is 37.5 Å². The minimum absolute atomic E-state index is 0.192. The highest BCUT2D eigenvalue weighted by Gasteiger charge is 2.25. The van der Waals surface area contributed by atoms with Crippen LogP contribution in [0.15, 0.2) is 79.0 Å². The summed E-state index contributed by atoms with van der Waals surface area (Å²) in [6.45, 7) is 5.26. The molecule has 10 nitrogen and oxygen atoms in total. The molecular formula is C33H32N6O4. The van der Waals surface area contributed by atoms with Crippen molar-refractivity contribution >= 4 is 40.7 Å². The average molecular weight is 577 g/mol. The van der Waals surface area contributed by atoms with Gasteiger partial charge in [-0.3, -0.25) is 19.8 Å². The zero-order valence-electron chi connectivity index (χ0n) is 23.9. The van der Waals surface area contributed by atoms with Crippen LogP contribution in [0.25, 0.3) is 11.6 Å². The number of piperazine rings is 1. The molecule has 2 aliphatic rings. The number of carbonyl (C=O) groups excluding carboxylic acids is 3. The third kappa shape index (κ3) is 6.50. The molecule has 10 heteroatoms. The second-order valence-electron chi connectivity index (χ2n) is 10.7. The summed E-state index contributed by atoms with van der Waals surface area (Å²) < 4.78 is 6.06. The number of nitrogens with zero attached hydrogens (tertiary/aromatic N) is 2. The Hall–Kier alpha value is -5.19. The Labute approximate surface area is 249 Å². The maximum atomic E-state index is 12.9. The number of anilines is 2. The molecule has 1 aromatic heterocycles. The highest BCUT2D eigenvalue weighted by Crippen LogP contribution is 2.37. The summed E-state index contributed by atoms with van der Waals surface area (Å²) in [6, 6.07) is 21.6. The smallest absolute Gasteiger partial charge is 0.267 e. The zero-order valence-corrected chi connectivity index (χ0v) is 23.9. The Kier molecular flexibility index (Phi) is 7.78. The van der Waals surface area contributed by atoms with Gasteiger partial charge >= 0.3 is 0 Å². The number of carbonyl (C=O) groups is 3. The van der Waals surface area contributed by atoms with E-state index in [0.29, 0.717) is 45.3 Å². The van der Waals surface area contributed by atoms with Gasteiger partial charge in [-0.15, -0.1) is 0 Å². The quantitative estimate of drug-likeness (QED) is 0.236. The van der Waals surface area contributed by atoms with Gasteiger partial charge in [0.05, 0.1) is 16.8 Å². The molecule has 0 bridgehead atoms. The van der Waals surface area contributed by atoms with Crippen molar-refractivity contribution in [1.82, 2.24) is 20.3 Å². The number of amides is 3. The predicted molar refractivity (Wildman–Crippen MR) is 166 cm³/mol. The molecule has 218 valence electrons. The van der Waals surface area contributed by atoms with Gasteiger partial charge in [-0.05, 0) is 62.5 Å². The van der Waals surface area contributed by atoms with E-state index in [4.69, 9.17) is 4.74 Å². The van der Waals surface area contributed by atoms with E-state index in [0.717, 1.165) is 37.3 Å². The third-order valence-corrected chi connectivity index (χ3v) is 7.41. The van der Waals surface area contributed by atoms with Crippen LogP contribution >= 0.6 is 0 Å². The summed E-state index contributed by atoms with van der Waals surface area (Å²) in [7, 11) is 2.06. The van der Waals surface area contributed by atoms with E-state index in [2.05, 4.69) is 33.0 Å². The number of fused-ring (bicyclic) bond motifs is 1. The number of H-pyrrole nitrogens is 1. The van der Waals surface area contributed by atoms with Crippen LogP contribution in [0.2, 0.25) is 0 Å². The van der Waals surface area contributed by atoms with Gasteiger partial charge < -0.3 is 25.3 Å². The molecule has 1 saturated heterocycles. The van der Waals surface area contributed by atoms with Crippen LogP contribution in [0, 0.1) is 6.92 Å². The standard InChI is InChI=1S/C33H32N6O4/c1-21-5-3-6-22(15-21)31(40)35-24-7-4-8-26(17-24)43-27-9-10-28-29(33(42)36-30(28)19-27)18-25-16-23(20-34-25)32(41)37-39-13-11-38(2)12-14-39/h3-10,15-20,34H,11-14H2,1-2H3,(H,35,40)(H,36,42)(H,37,41)/b29-18-. The summed E-state index contributed by atoms with van der Waals surface area (Å²) >= 11 is 0. The second-order valence-corrected chi connectivity index (χ2v) is 10.7. The summed E-state index contributed by atoms with van der Waals surface area (Å²) in [6.07, 6.45) is 3.37. The molecule has 3 aromatic carbocycles. The van der Waals surface area contributed by atoms with Crippen LogP contribution in [0.5, 0.6) is 11.5 Å². The number of hydrogen-bond acceptors (Lipinski definition) is 6. The monoisotopic (exact) mass is 576 g/mol. The number of benzene rings is 3. The molecule has 4 aromatic rings. The summed E-state index contributed by atoms with van der Waals surface area (Å²) in [5.74, 6) is 0.430. The van der Waals surface area contributed by atoms with Crippen LogP contribution < -0.4 is 20.8 Å². The van der Waals surface area contributed by atoms with Crippen molar-refractivity contribution < 1.29 is 19.1 Å². The van der Waals surface area contributed by atoms with E-state index < -0.39 is 0 Å². The lowest BCUT2D eigenvalue weighted by atomic mass is 10.1. The van der Waals surface area contributed by atoms with E-state index in [1.54, 1.807) is 60.8 Å². The van der Waals surface area contributed by atoms with Crippen molar-refractivity contribution in [2.24, 2.45) is 0 Å². The number of hydrazine groups is 1. The molecule has 0 saturated carbocycles. The third-order valence-electron chi connectivity index (χ3n) is 7.41. The molecule has 1 fully saturated rings. The van der Waals surface area contributed by atoms with Crippen LogP contribution in [-0.2, 0) is 4.79 Å². The number of rotatable bonds is 7. The molecule has 0 aliphatic carbocycles. The minimum atomic E-state index is -0.244. The Morgan fingerprint density at radius 3 is 2.49 bits per heavy atom. The molecule has 0 radical (unpaired) electrons. The van der Waals surface area contributed by atoms with Crippen molar-refractivity contribution in [3.63, 3.8) is 0 Å². The largest absolute Gasteiger partial charge is 0.457 e. The first-order valence-corrected chi connectivity index (χ1v) is 14.1. The van der Waals surface area contributed by atoms with Gasteiger partial charge in [0.2, 0.25) is 0 Å². The first-order valence-electron chi connectivity index (χ1n) is 14.1. The van der Waals surface area contributed by atoms with Crippen molar-refractivity contribution in [1.29, 1.82) is 0 Å². The highest BCUT2D eigenvalue weighted by molar-refractivity contribution is 6.35. The Morgan fingerprint density at radius 1 is 0.884 bits per heavy atom. The van der Waals surface area contributed by atoms with Crippen LogP contribution in [0.4, 0.5) is 11.4 Å². The molecule has 4 N–H and O–H groups in total. The van der Waals surface area contributed by atoms with Crippen molar-refractivity contribution in [2.45, 2.75) is 6.92 Å². The normalized spacial score (nSPS) is 16.0. The summed E-state index contributed by atoms with van der Waals surface area (Å²) in [5.41, 5.74) is 8.11. The number of nitrogens with one attached hydrogen (secondary N) is 4. The molecule has 0 atom stereocenters. The van der Waals surface area contributed by atoms with Crippen LogP contribution in [-0.4, -0.2) is 65.8 Å². The van der Waals surface area contributed by atoms with Crippen molar-refractivity contribution in [3.8, 4) is 11.5 Å². The average Bonchev–Trinajstić information content (AvgIpc) is 3.58. The summed E-state index contributed by atoms with van der Waals surface area (Å²) in [5, 5.41) is 7.72. The second kappa shape index (κ2) is 12.0. The number of aryl methyl sites for hydroxylation is 1. The van der Waals surface area contributed by atoms with Crippen LogP contribution in [0.3, 0.4) is 0 Å². The molecule has 3 heterocycles. The predicted octanol–water partition coefficient (Wildman–Crippen LogP) is 4.75. The van der Waals surface area contributed by atoms with Gasteiger partial charge in [0, 0.05) is 67.0 Å². The fourth-order valence-electron chi connectivity index (χ4n) is 5.05. The number of likely N-dealkylation sites (N-methyl/N-ethyl adjacent to an activating group) is 1. The Balaban J connectivity index is 1.12. The number of hydrogen-bond donors (Lipinski definition) is 4. The number of ether oxygens (including phenoxy) is 1. The SMILES string of the molecule is Cc1cccc(C(=O)Nc2cccc(Oc3ccc4c(c3)NC(=O)/C4=C\c3cc(C(=O)NN4CCN(C)CC4)c[nH]3)c2)c1. The molecule has 3 amide bonds. The molecule has 0 unspecified atom stereocenters. The van der Waals surface area contributed by atoms with E-state index in [-0.39, 0.29) is 17.7 Å². The first-order chi connectivity index (χ1) is 20.8. The van der Waals surface area contributed by atoms with E-state index in [1.807, 2.05) is 36.2 Å². The fourth-order valence-corrected chi connectivity index (χ4v) is 5.05. The van der Waals surface area contributed by atoms with Crippen molar-refractivity contribution in [3.05, 3.63) is 107 Å². The molecular weight excluding hydrogens is 544 g/mol. The van der Waals surface area contributed by atoms with Crippen molar-refractivity contribution in [2.75, 3.05) is 43.9 Å². The topological polar surface area (TPSA) is 119 Å². The molecule has 2 aliphatic heterocycles. The maximum absolute atomic E-state index is 12.9. The Bertz CT molecular complexity index is 1730. The molecule has 0 spiro atoms. The lowest BCUT2D eigenvalue weighted by Crippen LogP contribution is -2.52.